The van der Waals surface area contributed by atoms with Crippen molar-refractivity contribution in [1.29, 1.82) is 0 Å². The average Bonchev–Trinajstić information content (AvgIpc) is 2.84. The molecule has 6 nitrogen and oxygen atoms in total. The Hall–Kier alpha value is -1.50. The molecule has 1 saturated heterocycles. The molecule has 1 aliphatic rings. The topological polar surface area (TPSA) is 75.4 Å². The van der Waals surface area contributed by atoms with Crippen LogP contribution in [0.1, 0.15) is 10.5 Å². The van der Waals surface area contributed by atoms with E-state index >= 15 is 0 Å². The predicted octanol–water partition coefficient (Wildman–Crippen LogP) is 0.0198. The third kappa shape index (κ3) is 1.78. The molecular formula is C9H11N3O3S. The van der Waals surface area contributed by atoms with Crippen LogP contribution in [0.5, 0.6) is 0 Å². The molecule has 86 valence electrons. The summed E-state index contributed by atoms with van der Waals surface area (Å²) in [4.78, 5) is 24.3. The van der Waals surface area contributed by atoms with Gasteiger partial charge in [0.25, 0.3) is 5.91 Å². The van der Waals surface area contributed by atoms with Gasteiger partial charge in [-0.2, -0.15) is 5.10 Å². The number of aromatic nitrogens is 2. The third-order valence-electron chi connectivity index (χ3n) is 2.47. The first-order valence-corrected chi connectivity index (χ1v) is 5.86. The van der Waals surface area contributed by atoms with Crippen molar-refractivity contribution in [3.05, 3.63) is 18.0 Å². The number of thioether (sulfide) groups is 1. The lowest BCUT2D eigenvalue weighted by Gasteiger charge is -2.20. The van der Waals surface area contributed by atoms with Gasteiger partial charge < -0.3 is 10.0 Å². The first-order valence-electron chi connectivity index (χ1n) is 4.71. The number of nitrogens with zero attached hydrogens (tertiary/aromatic N) is 3. The van der Waals surface area contributed by atoms with E-state index in [0.29, 0.717) is 17.3 Å². The Morgan fingerprint density at radius 3 is 2.94 bits per heavy atom. The molecular weight excluding hydrogens is 230 g/mol. The zero-order chi connectivity index (χ0) is 11.7. The second-order valence-electron chi connectivity index (χ2n) is 3.47. The highest BCUT2D eigenvalue weighted by atomic mass is 32.2. The van der Waals surface area contributed by atoms with Gasteiger partial charge in [-0.15, -0.1) is 11.8 Å². The van der Waals surface area contributed by atoms with Gasteiger partial charge in [-0.05, 0) is 6.07 Å². The maximum Gasteiger partial charge on any atom is 0.327 e. The summed E-state index contributed by atoms with van der Waals surface area (Å²) in [6.07, 6.45) is 1.52. The van der Waals surface area contributed by atoms with Gasteiger partial charge in [0, 0.05) is 19.0 Å². The molecule has 2 heterocycles. The van der Waals surface area contributed by atoms with Crippen LogP contribution >= 0.6 is 11.8 Å². The Balaban J connectivity index is 2.22. The number of carbonyl (C=O) groups excluding carboxylic acids is 1. The van der Waals surface area contributed by atoms with Gasteiger partial charge in [0.1, 0.15) is 11.7 Å². The Morgan fingerprint density at radius 1 is 1.62 bits per heavy atom. The normalized spacial score (nSPS) is 20.1. The van der Waals surface area contributed by atoms with Gasteiger partial charge in [-0.1, -0.05) is 0 Å². The minimum Gasteiger partial charge on any atom is -0.480 e. The molecule has 0 aromatic carbocycles. The van der Waals surface area contributed by atoms with Gasteiger partial charge >= 0.3 is 5.97 Å². The van der Waals surface area contributed by atoms with Crippen molar-refractivity contribution >= 4 is 23.6 Å². The van der Waals surface area contributed by atoms with E-state index in [2.05, 4.69) is 5.10 Å². The van der Waals surface area contributed by atoms with Crippen LogP contribution in [0.4, 0.5) is 0 Å². The molecule has 0 saturated carbocycles. The SMILES string of the molecule is Cn1nccc1C(=O)N1CSCC1C(=O)O. The predicted molar refractivity (Wildman–Crippen MR) is 58.1 cm³/mol. The number of amides is 1. The molecule has 7 heteroatoms. The molecule has 1 aromatic heterocycles. The third-order valence-corrected chi connectivity index (χ3v) is 3.48. The number of carbonyl (C=O) groups is 2. The summed E-state index contributed by atoms with van der Waals surface area (Å²) in [7, 11) is 1.66. The summed E-state index contributed by atoms with van der Waals surface area (Å²) < 4.78 is 1.45. The summed E-state index contributed by atoms with van der Waals surface area (Å²) in [5, 5.41) is 12.9. The molecule has 1 amide bonds. The number of aryl methyl sites for hydroxylation is 1. The summed E-state index contributed by atoms with van der Waals surface area (Å²) in [5.41, 5.74) is 0.411. The molecule has 0 bridgehead atoms. The molecule has 1 aromatic rings. The summed E-state index contributed by atoms with van der Waals surface area (Å²) in [6, 6.07) is 0.858. The minimum absolute atomic E-state index is 0.280. The van der Waals surface area contributed by atoms with Crippen LogP contribution < -0.4 is 0 Å². The van der Waals surface area contributed by atoms with Crippen LogP contribution in [0.15, 0.2) is 12.3 Å². The van der Waals surface area contributed by atoms with Crippen LogP contribution in [0.3, 0.4) is 0 Å². The number of hydrogen-bond donors (Lipinski definition) is 1. The number of carboxylic acids is 1. The van der Waals surface area contributed by atoms with Gasteiger partial charge in [-0.3, -0.25) is 9.48 Å². The maximum atomic E-state index is 12.0. The zero-order valence-corrected chi connectivity index (χ0v) is 9.48. The number of carboxylic acid groups (broad SMARTS) is 1. The van der Waals surface area contributed by atoms with E-state index in [1.807, 2.05) is 0 Å². The standard InChI is InChI=1S/C9H11N3O3S/c1-11-6(2-3-10-11)8(13)12-5-16-4-7(12)9(14)15/h2-3,7H,4-5H2,1H3,(H,14,15). The number of aliphatic carboxylic acids is 1. The van der Waals surface area contributed by atoms with Crippen molar-refractivity contribution < 1.29 is 14.7 Å². The van der Waals surface area contributed by atoms with E-state index in [1.165, 1.54) is 27.5 Å². The van der Waals surface area contributed by atoms with E-state index in [9.17, 15) is 9.59 Å². The lowest BCUT2D eigenvalue weighted by Crippen LogP contribution is -2.42. The van der Waals surface area contributed by atoms with Crippen LogP contribution in [-0.2, 0) is 11.8 Å². The fourth-order valence-corrected chi connectivity index (χ4v) is 2.72. The summed E-state index contributed by atoms with van der Waals surface area (Å²) in [6.45, 7) is 0. The molecule has 0 radical (unpaired) electrons. The molecule has 2 rings (SSSR count). The van der Waals surface area contributed by atoms with E-state index < -0.39 is 12.0 Å². The van der Waals surface area contributed by atoms with E-state index in [0.717, 1.165) is 0 Å². The molecule has 1 atom stereocenters. The second kappa shape index (κ2) is 4.17. The highest BCUT2D eigenvalue weighted by Gasteiger charge is 2.35. The molecule has 1 unspecified atom stereocenters. The monoisotopic (exact) mass is 241 g/mol. The van der Waals surface area contributed by atoms with Crippen molar-refractivity contribution in [1.82, 2.24) is 14.7 Å². The first kappa shape index (κ1) is 11.0. The fraction of sp³-hybridized carbons (Fsp3) is 0.444. The van der Waals surface area contributed by atoms with Crippen molar-refractivity contribution in [2.24, 2.45) is 7.05 Å². The highest BCUT2D eigenvalue weighted by Crippen LogP contribution is 2.22. The molecule has 1 fully saturated rings. The molecule has 1 aliphatic heterocycles. The first-order chi connectivity index (χ1) is 7.61. The Bertz CT molecular complexity index is 431. The van der Waals surface area contributed by atoms with Crippen LogP contribution in [0.25, 0.3) is 0 Å². The summed E-state index contributed by atoms with van der Waals surface area (Å²) in [5.74, 6) is -0.377. The van der Waals surface area contributed by atoms with Gasteiger partial charge in [-0.25, -0.2) is 4.79 Å². The van der Waals surface area contributed by atoms with E-state index in [-0.39, 0.29) is 5.91 Å². The highest BCUT2D eigenvalue weighted by molar-refractivity contribution is 7.99. The van der Waals surface area contributed by atoms with Crippen molar-refractivity contribution in [2.75, 3.05) is 11.6 Å². The van der Waals surface area contributed by atoms with Crippen molar-refractivity contribution in [2.45, 2.75) is 6.04 Å². The van der Waals surface area contributed by atoms with E-state index in [4.69, 9.17) is 5.11 Å². The lowest BCUT2D eigenvalue weighted by atomic mass is 10.2. The summed E-state index contributed by atoms with van der Waals surface area (Å²) >= 11 is 1.44. The van der Waals surface area contributed by atoms with Gasteiger partial charge in [0.15, 0.2) is 0 Å². The Labute approximate surface area is 96.2 Å². The second-order valence-corrected chi connectivity index (χ2v) is 4.47. The number of rotatable bonds is 2. The lowest BCUT2D eigenvalue weighted by molar-refractivity contribution is -0.140. The minimum atomic E-state index is -0.958. The van der Waals surface area contributed by atoms with Crippen LogP contribution in [0, 0.1) is 0 Å². The van der Waals surface area contributed by atoms with Crippen molar-refractivity contribution in [3.63, 3.8) is 0 Å². The van der Waals surface area contributed by atoms with Gasteiger partial charge in [0.2, 0.25) is 0 Å². The van der Waals surface area contributed by atoms with Crippen molar-refractivity contribution in [3.8, 4) is 0 Å². The number of hydrogen-bond acceptors (Lipinski definition) is 4. The van der Waals surface area contributed by atoms with Crippen LogP contribution in [0.2, 0.25) is 0 Å². The van der Waals surface area contributed by atoms with E-state index in [1.54, 1.807) is 13.1 Å². The van der Waals surface area contributed by atoms with Crippen LogP contribution in [-0.4, -0.2) is 49.3 Å². The fourth-order valence-electron chi connectivity index (χ4n) is 1.58. The maximum absolute atomic E-state index is 12.0. The molecule has 1 N–H and O–H groups in total. The smallest absolute Gasteiger partial charge is 0.327 e. The largest absolute Gasteiger partial charge is 0.480 e. The molecule has 16 heavy (non-hydrogen) atoms. The zero-order valence-electron chi connectivity index (χ0n) is 8.66. The van der Waals surface area contributed by atoms with Gasteiger partial charge in [0.05, 0.1) is 5.88 Å². The average molecular weight is 241 g/mol. The Kier molecular flexibility index (Phi) is 2.86. The quantitative estimate of drug-likeness (QED) is 0.790. The molecule has 0 aliphatic carbocycles. The molecule has 0 spiro atoms. The Morgan fingerprint density at radius 2 is 2.38 bits per heavy atom.